The first-order valence-corrected chi connectivity index (χ1v) is 2.89. The van der Waals surface area contributed by atoms with E-state index in [1.165, 1.54) is 0 Å². The predicted molar refractivity (Wildman–Crippen MR) is 28.4 cm³/mol. The zero-order chi connectivity index (χ0) is 4.71. The van der Waals surface area contributed by atoms with Crippen LogP contribution < -0.4 is 0 Å². The van der Waals surface area contributed by atoms with Crippen molar-refractivity contribution in [1.29, 1.82) is 0 Å². The number of halogens is 3. The van der Waals surface area contributed by atoms with Crippen LogP contribution in [-0.4, -0.2) is 0 Å². The molecule has 0 saturated carbocycles. The molecule has 0 spiro atoms. The molecule has 0 aliphatic carbocycles. The molecule has 0 amide bonds. The molecule has 1 atom stereocenters. The smallest absolute Gasteiger partial charge is 0.0832 e. The Morgan fingerprint density at radius 2 is 1.20 bits per heavy atom. The highest BCUT2D eigenvalue weighted by Gasteiger charge is 1.38. The third-order valence-electron chi connectivity index (χ3n) is 0. The van der Waals surface area contributed by atoms with E-state index in [2.05, 4.69) is 38.8 Å². The molecule has 0 rings (SSSR count). The topological polar surface area (TPSA) is 9.23 Å². The van der Waals surface area contributed by atoms with Gasteiger partial charge in [0, 0.05) is 0 Å². The second-order valence-corrected chi connectivity index (χ2v) is 0.525. The standard InChI is InChI=1S/Cl2O.ClH2P/c1-3-2;1-2/h;2H2. The SMILES string of the molecule is ClOCl.PCl. The van der Waals surface area contributed by atoms with Crippen molar-refractivity contribution in [3.05, 3.63) is 0 Å². The molecule has 5 heteroatoms. The van der Waals surface area contributed by atoms with Crippen LogP contribution in [0.2, 0.25) is 0 Å². The largest absolute Gasteiger partial charge is 0.166 e. The normalized spacial score (nSPS) is 4.80. The van der Waals surface area contributed by atoms with Gasteiger partial charge in [-0.25, -0.2) is 0 Å². The van der Waals surface area contributed by atoms with Crippen LogP contribution in [0.1, 0.15) is 0 Å². The van der Waals surface area contributed by atoms with Crippen molar-refractivity contribution < 1.29 is 3.84 Å². The fourth-order valence-corrected chi connectivity index (χ4v) is 0. The second kappa shape index (κ2) is 18.7. The molecule has 1 nitrogen and oxygen atoms in total. The Balaban J connectivity index is 0. The van der Waals surface area contributed by atoms with Crippen molar-refractivity contribution >= 4 is 43.6 Å². The van der Waals surface area contributed by atoms with E-state index in [9.17, 15) is 0 Å². The third-order valence-corrected chi connectivity index (χ3v) is 0. The van der Waals surface area contributed by atoms with Gasteiger partial charge in [-0.1, -0.05) is 0 Å². The molecule has 0 fully saturated rings. The highest BCUT2D eigenvalue weighted by molar-refractivity contribution is 7.52. The van der Waals surface area contributed by atoms with Gasteiger partial charge in [-0.15, -0.1) is 11.2 Å². The number of rotatable bonds is 0. The predicted octanol–water partition coefficient (Wildman–Crippen LogP) is 2.33. The van der Waals surface area contributed by atoms with Crippen LogP contribution in [0.15, 0.2) is 0 Å². The van der Waals surface area contributed by atoms with Crippen LogP contribution in [0.5, 0.6) is 0 Å². The van der Waals surface area contributed by atoms with Gasteiger partial charge in [0.25, 0.3) is 0 Å². The summed E-state index contributed by atoms with van der Waals surface area (Å²) in [5, 5.41) is 0. The van der Waals surface area contributed by atoms with E-state index in [-0.39, 0.29) is 0 Å². The minimum Gasteiger partial charge on any atom is -0.166 e. The zero-order valence-corrected chi connectivity index (χ0v) is 5.54. The molecule has 0 heterocycles. The van der Waals surface area contributed by atoms with Gasteiger partial charge in [0.1, 0.15) is 0 Å². The van der Waals surface area contributed by atoms with E-state index in [0.717, 1.165) is 0 Å². The lowest BCUT2D eigenvalue weighted by molar-refractivity contribution is 0.697. The molecular formula is H2Cl3OP. The van der Waals surface area contributed by atoms with Crippen LogP contribution >= 0.6 is 43.6 Å². The summed E-state index contributed by atoms with van der Waals surface area (Å²) in [5.74, 6) is 0. The molecule has 0 aromatic carbocycles. The van der Waals surface area contributed by atoms with Gasteiger partial charge in [0.05, 0.1) is 23.7 Å². The molecule has 0 saturated heterocycles. The van der Waals surface area contributed by atoms with E-state index in [1.54, 1.807) is 0 Å². The molecule has 1 unspecified atom stereocenters. The first-order valence-electron chi connectivity index (χ1n) is 0.527. The molecule has 0 bridgehead atoms. The van der Waals surface area contributed by atoms with Crippen LogP contribution in [-0.2, 0) is 3.84 Å². The highest BCUT2D eigenvalue weighted by atomic mass is 35.7. The summed E-state index contributed by atoms with van der Waals surface area (Å²) >= 11 is 13.1. The van der Waals surface area contributed by atoms with E-state index >= 15 is 0 Å². The van der Waals surface area contributed by atoms with Crippen LogP contribution in [0, 0.1) is 0 Å². The van der Waals surface area contributed by atoms with Gasteiger partial charge in [-0.05, 0) is 8.59 Å². The first-order chi connectivity index (χ1) is 2.41. The minimum absolute atomic E-state index is 1.89. The first kappa shape index (κ1) is 9.54. The number of hydrogen-bond acceptors (Lipinski definition) is 1. The molecule has 34 valence electrons. The summed E-state index contributed by atoms with van der Waals surface area (Å²) in [7, 11) is 1.89. The monoisotopic (exact) mass is 154 g/mol. The van der Waals surface area contributed by atoms with Gasteiger partial charge in [0.2, 0.25) is 0 Å². The molecule has 0 radical (unpaired) electrons. The summed E-state index contributed by atoms with van der Waals surface area (Å²) in [5.41, 5.74) is 0. The Kier molecular flexibility index (Phi) is 35.7. The maximum absolute atomic E-state index is 4.56. The Hall–Kier alpha value is 1.26. The average molecular weight is 155 g/mol. The Bertz CT molecular complexity index is 6.85. The molecule has 0 aromatic rings. The summed E-state index contributed by atoms with van der Waals surface area (Å²) in [6.45, 7) is 0. The van der Waals surface area contributed by atoms with E-state index in [0.29, 0.717) is 0 Å². The molecular weight excluding hydrogens is 153 g/mol. The fraction of sp³-hybridized carbons (Fsp3) is 0. The van der Waals surface area contributed by atoms with Crippen molar-refractivity contribution in [1.82, 2.24) is 0 Å². The average Bonchev–Trinajstić information content (AvgIpc) is 1.46. The van der Waals surface area contributed by atoms with E-state index in [1.807, 2.05) is 8.59 Å². The lowest BCUT2D eigenvalue weighted by Gasteiger charge is -1.46. The van der Waals surface area contributed by atoms with Gasteiger partial charge in [-0.3, -0.25) is 0 Å². The fourth-order valence-electron chi connectivity index (χ4n) is 0. The Morgan fingerprint density at radius 1 is 1.20 bits per heavy atom. The molecule has 0 N–H and O–H groups in total. The maximum atomic E-state index is 4.56. The van der Waals surface area contributed by atoms with Crippen LogP contribution in [0.4, 0.5) is 0 Å². The van der Waals surface area contributed by atoms with Crippen molar-refractivity contribution in [2.45, 2.75) is 0 Å². The van der Waals surface area contributed by atoms with Gasteiger partial charge in [-0.2, -0.15) is 3.84 Å². The van der Waals surface area contributed by atoms with Gasteiger partial charge >= 0.3 is 0 Å². The van der Waals surface area contributed by atoms with Crippen molar-refractivity contribution in [2.24, 2.45) is 0 Å². The van der Waals surface area contributed by atoms with E-state index < -0.39 is 0 Å². The van der Waals surface area contributed by atoms with Gasteiger partial charge in [0.15, 0.2) is 0 Å². The lowest BCUT2D eigenvalue weighted by atomic mass is 15.9. The maximum Gasteiger partial charge on any atom is 0.0832 e. The highest BCUT2D eigenvalue weighted by Crippen LogP contribution is 1.78. The zero-order valence-electron chi connectivity index (χ0n) is 2.12. The third kappa shape index (κ3) is 35.2. The Labute approximate surface area is 47.9 Å². The second-order valence-electron chi connectivity index (χ2n) is 0.0583. The summed E-state index contributed by atoms with van der Waals surface area (Å²) in [6.07, 6.45) is 0. The molecule has 0 aliphatic heterocycles. The van der Waals surface area contributed by atoms with Crippen molar-refractivity contribution in [3.63, 3.8) is 0 Å². The summed E-state index contributed by atoms with van der Waals surface area (Å²) < 4.78 is 3.19. The quantitative estimate of drug-likeness (QED) is 0.488. The van der Waals surface area contributed by atoms with Crippen molar-refractivity contribution in [2.75, 3.05) is 0 Å². The van der Waals surface area contributed by atoms with E-state index in [4.69, 9.17) is 0 Å². The summed E-state index contributed by atoms with van der Waals surface area (Å²) in [4.78, 5) is 0. The Morgan fingerprint density at radius 3 is 1.20 bits per heavy atom. The molecule has 5 heavy (non-hydrogen) atoms. The summed E-state index contributed by atoms with van der Waals surface area (Å²) in [6, 6.07) is 0. The molecule has 0 aromatic heterocycles. The van der Waals surface area contributed by atoms with Crippen LogP contribution in [0.3, 0.4) is 0 Å². The molecule has 0 aliphatic rings. The lowest BCUT2D eigenvalue weighted by Crippen LogP contribution is -1.15. The minimum atomic E-state index is 1.89. The van der Waals surface area contributed by atoms with Gasteiger partial charge < -0.3 is 0 Å². The van der Waals surface area contributed by atoms with Crippen molar-refractivity contribution in [3.8, 4) is 0 Å². The van der Waals surface area contributed by atoms with Crippen LogP contribution in [0.25, 0.3) is 0 Å². The number of hydrogen-bond donors (Lipinski definition) is 0.